The van der Waals surface area contributed by atoms with E-state index < -0.39 is 12.0 Å². The van der Waals surface area contributed by atoms with Crippen molar-refractivity contribution in [3.8, 4) is 0 Å². The van der Waals surface area contributed by atoms with Crippen molar-refractivity contribution < 1.29 is 23.9 Å². The van der Waals surface area contributed by atoms with E-state index in [9.17, 15) is 23.9 Å². The number of allylic oxidation sites excluding steroid dienone is 1. The van der Waals surface area contributed by atoms with Crippen LogP contribution in [0, 0.1) is 5.82 Å². The van der Waals surface area contributed by atoms with Crippen LogP contribution in [-0.2, 0) is 14.4 Å². The smallest absolute Gasteiger partial charge is 0.303 e. The standard InChI is InChI=1S/C31H30FN3O4/c1-34(2)23-13-9-20(10-14-23)31-30-25(17-21(18-27(30)36)19-7-11-22(32)12-8-19)33-24-5-3-4-6-26(24)35(31)28(37)15-16-29(38)39/h3-14,21,31,33H,15-18H2,1-2H3,(H,38,39). The Kier molecular flexibility index (Phi) is 7.19. The molecule has 0 spiro atoms. The average Bonchev–Trinajstić information content (AvgIpc) is 3.07. The topological polar surface area (TPSA) is 90.0 Å². The van der Waals surface area contributed by atoms with Gasteiger partial charge >= 0.3 is 5.97 Å². The van der Waals surface area contributed by atoms with Gasteiger partial charge in [0, 0.05) is 43.9 Å². The molecule has 1 amide bonds. The van der Waals surface area contributed by atoms with Crippen LogP contribution in [0.4, 0.5) is 21.5 Å². The maximum absolute atomic E-state index is 14.0. The first-order valence-corrected chi connectivity index (χ1v) is 12.9. The number of hydrogen-bond donors (Lipinski definition) is 2. The lowest BCUT2D eigenvalue weighted by molar-refractivity contribution is -0.138. The molecule has 2 atom stereocenters. The van der Waals surface area contributed by atoms with Gasteiger partial charge in [0.25, 0.3) is 0 Å². The molecule has 3 aromatic rings. The zero-order valence-corrected chi connectivity index (χ0v) is 21.9. The highest BCUT2D eigenvalue weighted by atomic mass is 19.1. The molecule has 1 aliphatic carbocycles. The van der Waals surface area contributed by atoms with E-state index in [0.29, 0.717) is 29.1 Å². The Labute approximate surface area is 226 Å². The second-order valence-electron chi connectivity index (χ2n) is 10.2. The van der Waals surface area contributed by atoms with Gasteiger partial charge in [-0.2, -0.15) is 0 Å². The van der Waals surface area contributed by atoms with Crippen LogP contribution in [0.2, 0.25) is 0 Å². The van der Waals surface area contributed by atoms with Crippen LogP contribution in [0.3, 0.4) is 0 Å². The van der Waals surface area contributed by atoms with Crippen LogP contribution in [0.1, 0.15) is 48.8 Å². The number of carboxylic acids is 1. The SMILES string of the molecule is CN(C)c1ccc(C2C3=C(CC(c4ccc(F)cc4)CC3=O)Nc3ccccc3N2C(=O)CCC(=O)O)cc1. The van der Waals surface area contributed by atoms with Gasteiger partial charge in [-0.15, -0.1) is 0 Å². The fraction of sp³-hybridized carbons (Fsp3) is 0.258. The normalized spacial score (nSPS) is 18.5. The Morgan fingerprint density at radius 2 is 1.62 bits per heavy atom. The zero-order chi connectivity index (χ0) is 27.7. The Bertz CT molecular complexity index is 1450. The average molecular weight is 528 g/mol. The molecular formula is C31H30FN3O4. The van der Waals surface area contributed by atoms with Gasteiger partial charge in [0.2, 0.25) is 5.91 Å². The van der Waals surface area contributed by atoms with Crippen molar-refractivity contribution in [3.63, 3.8) is 0 Å². The molecule has 0 radical (unpaired) electrons. The fourth-order valence-corrected chi connectivity index (χ4v) is 5.44. The van der Waals surface area contributed by atoms with Gasteiger partial charge in [-0.3, -0.25) is 19.3 Å². The molecule has 5 rings (SSSR count). The molecule has 0 bridgehead atoms. The predicted octanol–water partition coefficient (Wildman–Crippen LogP) is 5.66. The van der Waals surface area contributed by atoms with Crippen LogP contribution < -0.4 is 15.1 Å². The molecule has 1 aliphatic heterocycles. The summed E-state index contributed by atoms with van der Waals surface area (Å²) < 4.78 is 13.6. The molecule has 2 aliphatic rings. The highest BCUT2D eigenvalue weighted by Gasteiger charge is 2.41. The molecule has 1 heterocycles. The molecular weight excluding hydrogens is 497 g/mol. The molecule has 2 N–H and O–H groups in total. The highest BCUT2D eigenvalue weighted by Crippen LogP contribution is 2.47. The molecule has 0 saturated heterocycles. The number of para-hydroxylation sites is 2. The van der Waals surface area contributed by atoms with Crippen LogP contribution in [0.15, 0.2) is 84.1 Å². The number of rotatable bonds is 6. The third kappa shape index (κ3) is 5.27. The van der Waals surface area contributed by atoms with E-state index in [1.165, 1.54) is 12.1 Å². The first kappa shape index (κ1) is 26.2. The van der Waals surface area contributed by atoms with E-state index in [0.717, 1.165) is 16.8 Å². The first-order valence-electron chi connectivity index (χ1n) is 12.9. The van der Waals surface area contributed by atoms with Gasteiger partial charge in [-0.25, -0.2) is 4.39 Å². The highest BCUT2D eigenvalue weighted by molar-refractivity contribution is 6.06. The fourth-order valence-electron chi connectivity index (χ4n) is 5.44. The summed E-state index contributed by atoms with van der Waals surface area (Å²) in [6, 6.07) is 20.5. The number of carbonyl (C=O) groups is 3. The van der Waals surface area contributed by atoms with Gasteiger partial charge in [-0.05, 0) is 59.9 Å². The number of carboxylic acid groups (broad SMARTS) is 1. The number of anilines is 3. The van der Waals surface area contributed by atoms with Crippen molar-refractivity contribution in [3.05, 3.63) is 101 Å². The molecule has 0 fully saturated rings. The third-order valence-corrected chi connectivity index (χ3v) is 7.38. The molecule has 0 aromatic heterocycles. The van der Waals surface area contributed by atoms with Crippen LogP contribution in [-0.4, -0.2) is 36.9 Å². The van der Waals surface area contributed by atoms with Crippen LogP contribution in [0.5, 0.6) is 0 Å². The quantitative estimate of drug-likeness (QED) is 0.430. The maximum atomic E-state index is 14.0. The van der Waals surface area contributed by atoms with E-state index >= 15 is 0 Å². The third-order valence-electron chi connectivity index (χ3n) is 7.38. The first-order chi connectivity index (χ1) is 18.7. The van der Waals surface area contributed by atoms with Crippen LogP contribution in [0.25, 0.3) is 0 Å². The monoisotopic (exact) mass is 527 g/mol. The number of benzene rings is 3. The summed E-state index contributed by atoms with van der Waals surface area (Å²) in [4.78, 5) is 42.6. The second kappa shape index (κ2) is 10.7. The van der Waals surface area contributed by atoms with Crippen molar-refractivity contribution in [1.29, 1.82) is 0 Å². The number of nitrogens with zero attached hydrogens (tertiary/aromatic N) is 2. The Hall–Kier alpha value is -4.46. The van der Waals surface area contributed by atoms with Crippen molar-refractivity contribution in [2.75, 3.05) is 29.2 Å². The molecule has 3 aromatic carbocycles. The Morgan fingerprint density at radius 3 is 2.28 bits per heavy atom. The predicted molar refractivity (Wildman–Crippen MR) is 148 cm³/mol. The largest absolute Gasteiger partial charge is 0.481 e. The van der Waals surface area contributed by atoms with Crippen molar-refractivity contribution in [2.45, 2.75) is 37.6 Å². The van der Waals surface area contributed by atoms with Gasteiger partial charge < -0.3 is 15.3 Å². The van der Waals surface area contributed by atoms with Gasteiger partial charge in [0.15, 0.2) is 5.78 Å². The minimum atomic E-state index is -1.06. The lowest BCUT2D eigenvalue weighted by Gasteiger charge is -2.35. The molecule has 2 unspecified atom stereocenters. The number of aliphatic carboxylic acids is 1. The summed E-state index contributed by atoms with van der Waals surface area (Å²) in [5.41, 5.74) is 5.04. The van der Waals surface area contributed by atoms with E-state index in [2.05, 4.69) is 5.32 Å². The maximum Gasteiger partial charge on any atom is 0.303 e. The minimum Gasteiger partial charge on any atom is -0.481 e. The summed E-state index contributed by atoms with van der Waals surface area (Å²) >= 11 is 0. The lowest BCUT2D eigenvalue weighted by Crippen LogP contribution is -2.38. The van der Waals surface area contributed by atoms with Crippen molar-refractivity contribution in [2.24, 2.45) is 0 Å². The summed E-state index contributed by atoms with van der Waals surface area (Å²) in [5.74, 6) is -2.03. The summed E-state index contributed by atoms with van der Waals surface area (Å²) in [7, 11) is 3.87. The van der Waals surface area contributed by atoms with E-state index in [-0.39, 0.29) is 42.7 Å². The Balaban J connectivity index is 1.67. The van der Waals surface area contributed by atoms with E-state index in [1.54, 1.807) is 17.0 Å². The number of nitrogens with one attached hydrogen (secondary N) is 1. The van der Waals surface area contributed by atoms with Crippen molar-refractivity contribution >= 4 is 34.7 Å². The Morgan fingerprint density at radius 1 is 0.949 bits per heavy atom. The number of ketones is 1. The molecule has 8 heteroatoms. The number of hydrogen-bond acceptors (Lipinski definition) is 5. The summed E-state index contributed by atoms with van der Waals surface area (Å²) in [6.07, 6.45) is 0.199. The van der Waals surface area contributed by atoms with Crippen molar-refractivity contribution in [1.82, 2.24) is 0 Å². The number of fused-ring (bicyclic) bond motifs is 1. The number of amides is 1. The van der Waals surface area contributed by atoms with Gasteiger partial charge in [0.05, 0.1) is 23.8 Å². The molecule has 200 valence electrons. The number of Topliss-reactive ketones (excluding diaryl/α,β-unsaturated/α-hetero) is 1. The second-order valence-corrected chi connectivity index (χ2v) is 10.2. The van der Waals surface area contributed by atoms with Crippen LogP contribution >= 0.6 is 0 Å². The zero-order valence-electron chi connectivity index (χ0n) is 21.9. The van der Waals surface area contributed by atoms with Gasteiger partial charge in [-0.1, -0.05) is 36.4 Å². The van der Waals surface area contributed by atoms with E-state index in [1.807, 2.05) is 67.5 Å². The van der Waals surface area contributed by atoms with E-state index in [4.69, 9.17) is 0 Å². The summed E-state index contributed by atoms with van der Waals surface area (Å²) in [6.45, 7) is 0. The van der Waals surface area contributed by atoms with Gasteiger partial charge in [0.1, 0.15) is 5.82 Å². The molecule has 39 heavy (non-hydrogen) atoms. The molecule has 0 saturated carbocycles. The number of carbonyl (C=O) groups excluding carboxylic acids is 2. The minimum absolute atomic E-state index is 0.108. The number of halogens is 1. The lowest BCUT2D eigenvalue weighted by atomic mass is 9.78. The molecule has 7 nitrogen and oxygen atoms in total. The summed E-state index contributed by atoms with van der Waals surface area (Å²) in [5, 5.41) is 12.7.